The van der Waals surface area contributed by atoms with Crippen LogP contribution in [0.3, 0.4) is 0 Å². The van der Waals surface area contributed by atoms with Crippen LogP contribution in [-0.4, -0.2) is 12.6 Å². The number of anilines is 2. The van der Waals surface area contributed by atoms with Gasteiger partial charge in [0, 0.05) is 12.6 Å². The Labute approximate surface area is 89.9 Å². The van der Waals surface area contributed by atoms with Crippen molar-refractivity contribution in [1.29, 1.82) is 0 Å². The topological polar surface area (TPSA) is 29.3 Å². The van der Waals surface area contributed by atoms with E-state index in [0.717, 1.165) is 12.2 Å². The summed E-state index contributed by atoms with van der Waals surface area (Å²) < 4.78 is 13.2. The number of nitrogens with two attached hydrogens (primary N) is 1. The maximum Gasteiger partial charge on any atom is 0.128 e. The molecule has 0 saturated carbocycles. The van der Waals surface area contributed by atoms with Crippen molar-refractivity contribution in [2.75, 3.05) is 17.2 Å². The van der Waals surface area contributed by atoms with Crippen LogP contribution in [0.1, 0.15) is 25.3 Å². The zero-order valence-electron chi connectivity index (χ0n) is 9.26. The summed E-state index contributed by atoms with van der Waals surface area (Å²) in [5.41, 5.74) is 8.05. The maximum atomic E-state index is 13.2. The summed E-state index contributed by atoms with van der Waals surface area (Å²) in [5, 5.41) is 0. The molecule has 1 atom stereocenters. The van der Waals surface area contributed by atoms with E-state index in [9.17, 15) is 4.39 Å². The molecule has 82 valence electrons. The van der Waals surface area contributed by atoms with Gasteiger partial charge in [-0.25, -0.2) is 4.39 Å². The van der Waals surface area contributed by atoms with E-state index in [1.165, 1.54) is 18.9 Å². The van der Waals surface area contributed by atoms with Gasteiger partial charge in [0.2, 0.25) is 0 Å². The molecule has 1 aliphatic rings. The minimum absolute atomic E-state index is 0.219. The van der Waals surface area contributed by atoms with Gasteiger partial charge in [0.25, 0.3) is 0 Å². The minimum Gasteiger partial charge on any atom is -0.397 e. The largest absolute Gasteiger partial charge is 0.397 e. The van der Waals surface area contributed by atoms with Crippen LogP contribution in [0, 0.1) is 12.7 Å². The van der Waals surface area contributed by atoms with Gasteiger partial charge in [-0.15, -0.1) is 0 Å². The Balaban J connectivity index is 2.39. The normalized spacial score (nSPS) is 21.0. The number of nitrogens with zero attached hydrogens (tertiary/aromatic N) is 1. The summed E-state index contributed by atoms with van der Waals surface area (Å²) in [6.07, 6.45) is 2.38. The highest BCUT2D eigenvalue weighted by atomic mass is 19.1. The van der Waals surface area contributed by atoms with Crippen LogP contribution in [0.2, 0.25) is 0 Å². The van der Waals surface area contributed by atoms with Crippen molar-refractivity contribution in [1.82, 2.24) is 0 Å². The maximum absolute atomic E-state index is 13.2. The SMILES string of the molecule is Cc1cc(N2CCCC2C)c(N)cc1F. The first-order chi connectivity index (χ1) is 7.09. The van der Waals surface area contributed by atoms with E-state index in [-0.39, 0.29) is 5.82 Å². The Morgan fingerprint density at radius 2 is 2.20 bits per heavy atom. The molecule has 0 spiro atoms. The lowest BCUT2D eigenvalue weighted by molar-refractivity contribution is 0.618. The van der Waals surface area contributed by atoms with E-state index < -0.39 is 0 Å². The Bertz CT molecular complexity index is 376. The lowest BCUT2D eigenvalue weighted by Crippen LogP contribution is -2.27. The number of aryl methyl sites for hydroxylation is 1. The summed E-state index contributed by atoms with van der Waals surface area (Å²) >= 11 is 0. The fourth-order valence-corrected chi connectivity index (χ4v) is 2.22. The Morgan fingerprint density at radius 1 is 1.47 bits per heavy atom. The first-order valence-electron chi connectivity index (χ1n) is 5.42. The van der Waals surface area contributed by atoms with Crippen molar-refractivity contribution in [2.24, 2.45) is 0 Å². The number of nitrogen functional groups attached to an aromatic ring is 1. The van der Waals surface area contributed by atoms with Gasteiger partial charge in [0.1, 0.15) is 5.82 Å². The summed E-state index contributed by atoms with van der Waals surface area (Å²) in [4.78, 5) is 2.27. The van der Waals surface area contributed by atoms with Crippen molar-refractivity contribution in [3.05, 3.63) is 23.5 Å². The monoisotopic (exact) mass is 208 g/mol. The van der Waals surface area contributed by atoms with Crippen molar-refractivity contribution < 1.29 is 4.39 Å². The molecule has 1 heterocycles. The van der Waals surface area contributed by atoms with Crippen LogP contribution in [0.25, 0.3) is 0 Å². The quantitative estimate of drug-likeness (QED) is 0.719. The number of halogens is 1. The number of hydrogen-bond acceptors (Lipinski definition) is 2. The molecule has 1 aliphatic heterocycles. The third kappa shape index (κ3) is 1.78. The molecule has 1 saturated heterocycles. The number of rotatable bonds is 1. The lowest BCUT2D eigenvalue weighted by Gasteiger charge is -2.25. The molecule has 1 aromatic carbocycles. The van der Waals surface area contributed by atoms with Crippen LogP contribution in [0.15, 0.2) is 12.1 Å². The molecule has 2 nitrogen and oxygen atoms in total. The predicted octanol–water partition coefficient (Wildman–Crippen LogP) is 2.71. The van der Waals surface area contributed by atoms with E-state index in [4.69, 9.17) is 5.73 Å². The molecule has 1 unspecified atom stereocenters. The average Bonchev–Trinajstić information content (AvgIpc) is 2.58. The van der Waals surface area contributed by atoms with Crippen molar-refractivity contribution in [3.8, 4) is 0 Å². The molecule has 2 N–H and O–H groups in total. The first-order valence-corrected chi connectivity index (χ1v) is 5.42. The summed E-state index contributed by atoms with van der Waals surface area (Å²) in [5.74, 6) is -0.219. The zero-order chi connectivity index (χ0) is 11.0. The van der Waals surface area contributed by atoms with Gasteiger partial charge in [-0.05, 0) is 44.4 Å². The highest BCUT2D eigenvalue weighted by Crippen LogP contribution is 2.31. The molecule has 0 aromatic heterocycles. The molecule has 1 fully saturated rings. The second-order valence-corrected chi connectivity index (χ2v) is 4.34. The molecular formula is C12H17FN2. The van der Waals surface area contributed by atoms with Crippen molar-refractivity contribution in [3.63, 3.8) is 0 Å². The van der Waals surface area contributed by atoms with Gasteiger partial charge in [0.15, 0.2) is 0 Å². The third-order valence-electron chi connectivity index (χ3n) is 3.17. The van der Waals surface area contributed by atoms with E-state index in [0.29, 0.717) is 17.3 Å². The Morgan fingerprint density at radius 3 is 2.80 bits per heavy atom. The average molecular weight is 208 g/mol. The van der Waals surface area contributed by atoms with Crippen LogP contribution in [0.5, 0.6) is 0 Å². The van der Waals surface area contributed by atoms with Gasteiger partial charge in [0.05, 0.1) is 11.4 Å². The predicted molar refractivity (Wildman–Crippen MR) is 61.6 cm³/mol. The summed E-state index contributed by atoms with van der Waals surface area (Å²) in [6.45, 7) is 4.99. The minimum atomic E-state index is -0.219. The smallest absolute Gasteiger partial charge is 0.128 e. The summed E-state index contributed by atoms with van der Waals surface area (Å²) in [6, 6.07) is 3.79. The number of hydrogen-bond donors (Lipinski definition) is 1. The molecule has 0 radical (unpaired) electrons. The van der Waals surface area contributed by atoms with E-state index >= 15 is 0 Å². The molecule has 0 amide bonds. The van der Waals surface area contributed by atoms with Gasteiger partial charge in [-0.2, -0.15) is 0 Å². The van der Waals surface area contributed by atoms with Gasteiger partial charge < -0.3 is 10.6 Å². The first kappa shape index (κ1) is 10.3. The summed E-state index contributed by atoms with van der Waals surface area (Å²) in [7, 11) is 0. The van der Waals surface area contributed by atoms with Crippen LogP contribution < -0.4 is 10.6 Å². The number of benzene rings is 1. The van der Waals surface area contributed by atoms with Crippen molar-refractivity contribution >= 4 is 11.4 Å². The Kier molecular flexibility index (Phi) is 2.55. The molecule has 0 aliphatic carbocycles. The van der Waals surface area contributed by atoms with E-state index in [1.54, 1.807) is 6.92 Å². The lowest BCUT2D eigenvalue weighted by atomic mass is 10.1. The van der Waals surface area contributed by atoms with Gasteiger partial charge >= 0.3 is 0 Å². The molecule has 2 rings (SSSR count). The van der Waals surface area contributed by atoms with Crippen LogP contribution in [-0.2, 0) is 0 Å². The fraction of sp³-hybridized carbons (Fsp3) is 0.500. The fourth-order valence-electron chi connectivity index (χ4n) is 2.22. The molecule has 3 heteroatoms. The third-order valence-corrected chi connectivity index (χ3v) is 3.17. The highest BCUT2D eigenvalue weighted by Gasteiger charge is 2.22. The van der Waals surface area contributed by atoms with E-state index in [1.807, 2.05) is 6.07 Å². The van der Waals surface area contributed by atoms with Gasteiger partial charge in [-0.3, -0.25) is 0 Å². The molecular weight excluding hydrogens is 191 g/mol. The second kappa shape index (κ2) is 3.72. The zero-order valence-corrected chi connectivity index (χ0v) is 9.26. The Hall–Kier alpha value is -1.25. The van der Waals surface area contributed by atoms with E-state index in [2.05, 4.69) is 11.8 Å². The molecule has 0 bridgehead atoms. The molecule has 1 aromatic rings. The van der Waals surface area contributed by atoms with Crippen molar-refractivity contribution in [2.45, 2.75) is 32.7 Å². The van der Waals surface area contributed by atoms with Crippen LogP contribution >= 0.6 is 0 Å². The van der Waals surface area contributed by atoms with Crippen LogP contribution in [0.4, 0.5) is 15.8 Å². The standard InChI is InChI=1S/C12H17FN2/c1-8-6-12(11(14)7-10(8)13)15-5-3-4-9(15)2/h6-7,9H,3-5,14H2,1-2H3. The second-order valence-electron chi connectivity index (χ2n) is 4.34. The highest BCUT2D eigenvalue weighted by molar-refractivity contribution is 5.69. The molecule has 15 heavy (non-hydrogen) atoms. The van der Waals surface area contributed by atoms with Gasteiger partial charge in [-0.1, -0.05) is 0 Å².